The molecule has 2 aliphatic rings. The summed E-state index contributed by atoms with van der Waals surface area (Å²) in [6, 6.07) is 4.35. The van der Waals surface area contributed by atoms with Crippen molar-refractivity contribution in [3.8, 4) is 0 Å². The van der Waals surface area contributed by atoms with E-state index in [0.717, 1.165) is 38.0 Å². The quantitative estimate of drug-likeness (QED) is 0.829. The zero-order valence-electron chi connectivity index (χ0n) is 14.8. The summed E-state index contributed by atoms with van der Waals surface area (Å²) in [5.74, 6) is 0.445. The molecule has 4 atom stereocenters. The molecule has 3 rings (SSSR count). The van der Waals surface area contributed by atoms with Crippen LogP contribution in [0.1, 0.15) is 42.9 Å². The Hall–Kier alpha value is -1.01. The van der Waals surface area contributed by atoms with E-state index in [2.05, 4.69) is 22.9 Å². The number of nitrogens with zero attached hydrogens (tertiary/aromatic N) is 2. The van der Waals surface area contributed by atoms with Crippen molar-refractivity contribution in [3.05, 3.63) is 29.6 Å². The van der Waals surface area contributed by atoms with Crippen molar-refractivity contribution in [3.63, 3.8) is 0 Å². The van der Waals surface area contributed by atoms with Gasteiger partial charge < -0.3 is 14.9 Å². The number of hydrogen-bond acceptors (Lipinski definition) is 5. The molecule has 24 heavy (non-hydrogen) atoms. The number of pyridine rings is 1. The molecule has 2 unspecified atom stereocenters. The van der Waals surface area contributed by atoms with Crippen molar-refractivity contribution in [2.24, 2.45) is 5.41 Å². The number of ether oxygens (including phenoxy) is 1. The lowest BCUT2D eigenvalue weighted by atomic mass is 9.83. The predicted molar refractivity (Wildman–Crippen MR) is 92.9 cm³/mol. The third-order valence-electron chi connectivity index (χ3n) is 5.94. The molecule has 2 fully saturated rings. The van der Waals surface area contributed by atoms with Crippen LogP contribution >= 0.6 is 0 Å². The number of rotatable bonds is 6. The summed E-state index contributed by atoms with van der Waals surface area (Å²) in [7, 11) is 1.69. The number of methoxy groups -OCH3 is 1. The first kappa shape index (κ1) is 17.8. The first-order valence-electron chi connectivity index (χ1n) is 9.01. The summed E-state index contributed by atoms with van der Waals surface area (Å²) in [6.07, 6.45) is 4.94. The van der Waals surface area contributed by atoms with Crippen LogP contribution in [0, 0.1) is 12.3 Å². The Morgan fingerprint density at radius 3 is 2.96 bits per heavy atom. The summed E-state index contributed by atoms with van der Waals surface area (Å²) in [6.45, 7) is 4.80. The van der Waals surface area contributed by atoms with Crippen LogP contribution in [0.4, 0.5) is 0 Å². The third kappa shape index (κ3) is 3.64. The molecule has 134 valence electrons. The van der Waals surface area contributed by atoms with Gasteiger partial charge in [0.05, 0.1) is 6.10 Å². The fraction of sp³-hybridized carbons (Fsp3) is 0.737. The molecular formula is C19H30N2O3. The maximum absolute atomic E-state index is 10.6. The van der Waals surface area contributed by atoms with Crippen molar-refractivity contribution >= 4 is 0 Å². The molecular weight excluding hydrogens is 304 g/mol. The fourth-order valence-corrected chi connectivity index (χ4v) is 4.46. The highest BCUT2D eigenvalue weighted by atomic mass is 16.5. The number of aromatic nitrogens is 1. The largest absolute Gasteiger partial charge is 0.396 e. The number of aliphatic hydroxyl groups is 2. The number of hydrogen-bond donors (Lipinski definition) is 2. The average Bonchev–Trinajstić information content (AvgIpc) is 3.18. The second kappa shape index (κ2) is 7.48. The topological polar surface area (TPSA) is 65.8 Å². The number of likely N-dealkylation sites (tertiary alicyclic amines) is 1. The lowest BCUT2D eigenvalue weighted by molar-refractivity contribution is 0.0647. The third-order valence-corrected chi connectivity index (χ3v) is 5.94. The lowest BCUT2D eigenvalue weighted by Gasteiger charge is -2.29. The van der Waals surface area contributed by atoms with Gasteiger partial charge in [-0.15, -0.1) is 0 Å². The highest BCUT2D eigenvalue weighted by Gasteiger charge is 2.47. The average molecular weight is 334 g/mol. The van der Waals surface area contributed by atoms with E-state index in [0.29, 0.717) is 18.9 Å². The van der Waals surface area contributed by atoms with Crippen LogP contribution < -0.4 is 0 Å². The molecule has 0 amide bonds. The smallest absolute Gasteiger partial charge is 0.0701 e. The maximum Gasteiger partial charge on any atom is 0.0701 e. The van der Waals surface area contributed by atoms with Gasteiger partial charge in [-0.05, 0) is 62.3 Å². The Kier molecular flexibility index (Phi) is 5.55. The monoisotopic (exact) mass is 334 g/mol. The van der Waals surface area contributed by atoms with Crippen molar-refractivity contribution in [2.75, 3.05) is 33.4 Å². The molecule has 1 aromatic heterocycles. The molecule has 1 aliphatic carbocycles. The molecule has 0 bridgehead atoms. The normalized spacial score (nSPS) is 34.1. The predicted octanol–water partition coefficient (Wildman–Crippen LogP) is 1.72. The first-order valence-corrected chi connectivity index (χ1v) is 9.01. The second-order valence-corrected chi connectivity index (χ2v) is 7.68. The zero-order chi connectivity index (χ0) is 17.2. The van der Waals surface area contributed by atoms with E-state index in [1.165, 1.54) is 5.56 Å². The molecule has 5 nitrogen and oxygen atoms in total. The van der Waals surface area contributed by atoms with Crippen LogP contribution in [0.5, 0.6) is 0 Å². The maximum atomic E-state index is 10.6. The molecule has 5 heteroatoms. The molecule has 2 N–H and O–H groups in total. The van der Waals surface area contributed by atoms with Crippen molar-refractivity contribution in [1.29, 1.82) is 0 Å². The minimum Gasteiger partial charge on any atom is -0.396 e. The molecule has 0 aromatic carbocycles. The van der Waals surface area contributed by atoms with Crippen LogP contribution in [0.2, 0.25) is 0 Å². The van der Waals surface area contributed by atoms with E-state index < -0.39 is 0 Å². The number of aryl methyl sites for hydroxylation is 1. The Bertz CT molecular complexity index is 553. The van der Waals surface area contributed by atoms with Crippen LogP contribution in [0.25, 0.3) is 0 Å². The minimum absolute atomic E-state index is 0.126. The van der Waals surface area contributed by atoms with Crippen molar-refractivity contribution in [1.82, 2.24) is 9.88 Å². The van der Waals surface area contributed by atoms with Gasteiger partial charge in [0.2, 0.25) is 0 Å². The second-order valence-electron chi connectivity index (χ2n) is 7.68. The highest BCUT2D eigenvalue weighted by Crippen LogP contribution is 2.44. The van der Waals surface area contributed by atoms with Crippen molar-refractivity contribution < 1.29 is 14.9 Å². The van der Waals surface area contributed by atoms with Gasteiger partial charge in [0.15, 0.2) is 0 Å². The van der Waals surface area contributed by atoms with Gasteiger partial charge in [-0.1, -0.05) is 0 Å². The molecule has 1 aromatic rings. The molecule has 0 radical (unpaired) electrons. The standard InChI is InChI=1S/C19H30N2O3/c1-14-3-6-20-16(9-14)15-4-7-21(12-15)17-10-19(13-22,5-8-24-2)11-18(17)23/h3,6,9,15,17-18,22-23H,4-5,7-8,10-13H2,1-2H3/t15?,17-,18-,19?/m0/s1. The van der Waals surface area contributed by atoms with Gasteiger partial charge in [-0.25, -0.2) is 0 Å². The highest BCUT2D eigenvalue weighted by molar-refractivity contribution is 5.19. The van der Waals surface area contributed by atoms with E-state index in [4.69, 9.17) is 4.74 Å². The van der Waals surface area contributed by atoms with E-state index in [1.807, 2.05) is 12.3 Å². The summed E-state index contributed by atoms with van der Waals surface area (Å²) < 4.78 is 5.20. The van der Waals surface area contributed by atoms with E-state index >= 15 is 0 Å². The van der Waals surface area contributed by atoms with Crippen LogP contribution in [0.3, 0.4) is 0 Å². The zero-order valence-corrected chi connectivity index (χ0v) is 14.8. The van der Waals surface area contributed by atoms with Gasteiger partial charge in [0.25, 0.3) is 0 Å². The SMILES string of the molecule is COCCC1(CO)C[C@H](O)[C@@H](N2CCC(c3cc(C)ccn3)C2)C1. The Morgan fingerprint density at radius 2 is 2.25 bits per heavy atom. The Balaban J connectivity index is 1.65. The lowest BCUT2D eigenvalue weighted by Crippen LogP contribution is -2.39. The van der Waals surface area contributed by atoms with E-state index in [9.17, 15) is 10.2 Å². The molecule has 1 saturated heterocycles. The van der Waals surface area contributed by atoms with E-state index in [-0.39, 0.29) is 24.2 Å². The van der Waals surface area contributed by atoms with Crippen molar-refractivity contribution in [2.45, 2.75) is 50.7 Å². The van der Waals surface area contributed by atoms with Gasteiger partial charge in [-0.2, -0.15) is 0 Å². The summed E-state index contributed by atoms with van der Waals surface area (Å²) in [4.78, 5) is 6.95. The molecule has 2 heterocycles. The summed E-state index contributed by atoms with van der Waals surface area (Å²) in [5.41, 5.74) is 2.22. The molecule has 0 spiro atoms. The summed E-state index contributed by atoms with van der Waals surface area (Å²) >= 11 is 0. The van der Waals surface area contributed by atoms with Gasteiger partial charge in [0.1, 0.15) is 0 Å². The van der Waals surface area contributed by atoms with E-state index in [1.54, 1.807) is 7.11 Å². The fourth-order valence-electron chi connectivity index (χ4n) is 4.46. The van der Waals surface area contributed by atoms with Gasteiger partial charge in [-0.3, -0.25) is 9.88 Å². The molecule has 1 saturated carbocycles. The Labute approximate surface area is 144 Å². The molecule has 1 aliphatic heterocycles. The Morgan fingerprint density at radius 1 is 1.42 bits per heavy atom. The first-order chi connectivity index (χ1) is 11.6. The number of aliphatic hydroxyl groups excluding tert-OH is 2. The minimum atomic E-state index is -0.363. The van der Waals surface area contributed by atoms with Crippen LogP contribution in [-0.2, 0) is 4.74 Å². The van der Waals surface area contributed by atoms with Gasteiger partial charge in [0, 0.05) is 50.7 Å². The summed E-state index contributed by atoms with van der Waals surface area (Å²) in [5, 5.41) is 20.5. The van der Waals surface area contributed by atoms with Gasteiger partial charge >= 0.3 is 0 Å². The van der Waals surface area contributed by atoms with Crippen LogP contribution in [0.15, 0.2) is 18.3 Å². The van der Waals surface area contributed by atoms with Crippen LogP contribution in [-0.4, -0.2) is 65.7 Å².